The van der Waals surface area contributed by atoms with E-state index in [2.05, 4.69) is 13.0 Å². The predicted molar refractivity (Wildman–Crippen MR) is 124 cm³/mol. The maximum Gasteiger partial charge on any atom is 0.471 e. The molecule has 0 atom stereocenters. The molecule has 0 spiro atoms. The molecule has 1 aliphatic rings. The van der Waals surface area contributed by atoms with Gasteiger partial charge in [-0.3, -0.25) is 9.32 Å². The summed E-state index contributed by atoms with van der Waals surface area (Å²) in [7, 11) is -3.10. The summed E-state index contributed by atoms with van der Waals surface area (Å²) in [6, 6.07) is 9.38. The molecule has 1 aromatic heterocycles. The minimum Gasteiger partial charge on any atom is -0.497 e. The molecule has 3 aromatic rings. The number of fused-ring (bicyclic) bond motifs is 3. The molecule has 0 aliphatic heterocycles. The summed E-state index contributed by atoms with van der Waals surface area (Å²) in [5.74, 6) is 0.683. The van der Waals surface area contributed by atoms with Crippen LogP contribution in [0.2, 0.25) is 0 Å². The second-order valence-electron chi connectivity index (χ2n) is 8.17. The molecule has 170 valence electrons. The number of pyridine rings is 1. The van der Waals surface area contributed by atoms with Crippen molar-refractivity contribution >= 4 is 18.7 Å². The van der Waals surface area contributed by atoms with Crippen molar-refractivity contribution in [3.8, 4) is 16.9 Å². The van der Waals surface area contributed by atoms with Crippen LogP contribution in [0.25, 0.3) is 22.0 Å². The zero-order valence-corrected chi connectivity index (χ0v) is 19.2. The lowest BCUT2D eigenvalue weighted by atomic mass is 9.94. The number of nitrogens with zero attached hydrogens (tertiary/aromatic N) is 1. The van der Waals surface area contributed by atoms with Crippen LogP contribution >= 0.6 is 7.82 Å². The molecule has 0 bridgehead atoms. The molecule has 0 saturated heterocycles. The van der Waals surface area contributed by atoms with E-state index in [4.69, 9.17) is 9.26 Å². The van der Waals surface area contributed by atoms with Crippen LogP contribution in [0.4, 0.5) is 0 Å². The molecule has 1 heterocycles. The number of hydrogen-bond acceptors (Lipinski definition) is 4. The fourth-order valence-electron chi connectivity index (χ4n) is 4.55. The molecule has 0 fully saturated rings. The van der Waals surface area contributed by atoms with E-state index < -0.39 is 7.82 Å². The maximum absolute atomic E-state index is 13.8. The molecule has 7 nitrogen and oxygen atoms in total. The SMILES string of the molecule is CCCCc1cc2c(c3c(=O)c(-c4ccc(OC)cc4)cn(COP(=O)(O)O)c13)CCC2. The summed E-state index contributed by atoms with van der Waals surface area (Å²) in [4.78, 5) is 32.4. The molecule has 0 amide bonds. The summed E-state index contributed by atoms with van der Waals surface area (Å²) in [5, 5.41) is 0.647. The number of aryl methyl sites for hydroxylation is 3. The van der Waals surface area contributed by atoms with Crippen LogP contribution in [0.15, 0.2) is 41.3 Å². The van der Waals surface area contributed by atoms with Crippen molar-refractivity contribution in [2.24, 2.45) is 0 Å². The molecule has 0 unspecified atom stereocenters. The molecule has 0 saturated carbocycles. The topological polar surface area (TPSA) is 98.0 Å². The smallest absolute Gasteiger partial charge is 0.471 e. The lowest BCUT2D eigenvalue weighted by Gasteiger charge is -2.20. The summed E-state index contributed by atoms with van der Waals surface area (Å²) in [5.41, 5.74) is 5.12. The van der Waals surface area contributed by atoms with E-state index >= 15 is 0 Å². The van der Waals surface area contributed by atoms with E-state index in [1.807, 2.05) is 12.1 Å². The highest BCUT2D eigenvalue weighted by Crippen LogP contribution is 2.38. The van der Waals surface area contributed by atoms with Crippen LogP contribution in [-0.2, 0) is 35.1 Å². The van der Waals surface area contributed by atoms with Crippen molar-refractivity contribution in [2.45, 2.75) is 52.2 Å². The van der Waals surface area contributed by atoms with Gasteiger partial charge in [0.1, 0.15) is 12.5 Å². The number of phosphoric acid groups is 1. The Morgan fingerprint density at radius 2 is 1.91 bits per heavy atom. The van der Waals surface area contributed by atoms with Crippen LogP contribution in [0.1, 0.15) is 42.9 Å². The third kappa shape index (κ3) is 4.52. The largest absolute Gasteiger partial charge is 0.497 e. The number of phosphoric ester groups is 1. The van der Waals surface area contributed by atoms with Gasteiger partial charge in [-0.15, -0.1) is 0 Å². The number of aromatic nitrogens is 1. The minimum absolute atomic E-state index is 0.0610. The van der Waals surface area contributed by atoms with Crippen molar-refractivity contribution in [2.75, 3.05) is 7.11 Å². The average Bonchev–Trinajstić information content (AvgIpc) is 3.24. The molecular weight excluding hydrogens is 429 g/mol. The molecule has 32 heavy (non-hydrogen) atoms. The predicted octanol–water partition coefficient (Wildman–Crippen LogP) is 4.58. The maximum atomic E-state index is 13.8. The van der Waals surface area contributed by atoms with Gasteiger partial charge in [-0.2, -0.15) is 0 Å². The number of ether oxygens (including phenoxy) is 1. The van der Waals surface area contributed by atoms with Gasteiger partial charge in [0.2, 0.25) is 0 Å². The van der Waals surface area contributed by atoms with Gasteiger partial charge >= 0.3 is 7.82 Å². The van der Waals surface area contributed by atoms with Crippen molar-refractivity contribution in [1.82, 2.24) is 4.57 Å². The molecule has 1 aliphatic carbocycles. The molecular formula is C24H28NO6P. The first-order valence-corrected chi connectivity index (χ1v) is 12.4. The number of benzene rings is 2. The Morgan fingerprint density at radius 3 is 2.56 bits per heavy atom. The number of unbranched alkanes of at least 4 members (excludes halogenated alkanes) is 1. The second kappa shape index (κ2) is 9.20. The molecule has 4 rings (SSSR count). The van der Waals surface area contributed by atoms with Gasteiger partial charge in [0.05, 0.1) is 18.0 Å². The number of rotatable bonds is 8. The lowest BCUT2D eigenvalue weighted by molar-refractivity contribution is 0.156. The zero-order chi connectivity index (χ0) is 22.9. The van der Waals surface area contributed by atoms with Crippen molar-refractivity contribution in [1.29, 1.82) is 0 Å². The Morgan fingerprint density at radius 1 is 1.16 bits per heavy atom. The van der Waals surface area contributed by atoms with Crippen molar-refractivity contribution in [3.05, 3.63) is 63.4 Å². The fraction of sp³-hybridized carbons (Fsp3) is 0.375. The Labute approximate surface area is 186 Å². The van der Waals surface area contributed by atoms with Gasteiger partial charge in [-0.1, -0.05) is 31.5 Å². The average molecular weight is 457 g/mol. The molecule has 0 radical (unpaired) electrons. The zero-order valence-electron chi connectivity index (χ0n) is 18.3. The van der Waals surface area contributed by atoms with E-state index in [0.717, 1.165) is 55.2 Å². The number of hydrogen-bond donors (Lipinski definition) is 2. The summed E-state index contributed by atoms with van der Waals surface area (Å²) in [6.07, 6.45) is 7.16. The second-order valence-corrected chi connectivity index (χ2v) is 9.41. The van der Waals surface area contributed by atoms with E-state index in [1.165, 1.54) is 5.56 Å². The highest BCUT2D eigenvalue weighted by molar-refractivity contribution is 7.46. The van der Waals surface area contributed by atoms with E-state index in [0.29, 0.717) is 22.3 Å². The van der Waals surface area contributed by atoms with Crippen molar-refractivity contribution < 1.29 is 23.6 Å². The first-order valence-electron chi connectivity index (χ1n) is 10.9. The van der Waals surface area contributed by atoms with Gasteiger partial charge < -0.3 is 19.1 Å². The third-order valence-corrected chi connectivity index (χ3v) is 6.51. The lowest BCUT2D eigenvalue weighted by Crippen LogP contribution is -2.17. The van der Waals surface area contributed by atoms with E-state index in [1.54, 1.807) is 30.0 Å². The van der Waals surface area contributed by atoms with E-state index in [9.17, 15) is 19.1 Å². The van der Waals surface area contributed by atoms with Gasteiger partial charge in [0, 0.05) is 11.8 Å². The molecule has 2 aromatic carbocycles. The number of methoxy groups -OCH3 is 1. The standard InChI is InChI=1S/C24H28NO6P/c1-3-4-6-18-13-17-7-5-8-20(17)22-23(18)25(15-31-32(27,28)29)14-21(24(22)26)16-9-11-19(30-2)12-10-16/h9-14H,3-8,15H2,1-2H3,(H2,27,28,29). The van der Waals surface area contributed by atoms with Crippen LogP contribution in [-0.4, -0.2) is 21.5 Å². The minimum atomic E-state index is -4.69. The Hall–Kier alpha value is -2.44. The fourth-order valence-corrected chi connectivity index (χ4v) is 4.83. The first kappa shape index (κ1) is 22.7. The van der Waals surface area contributed by atoms with Gasteiger partial charge in [0.15, 0.2) is 5.43 Å². The Balaban J connectivity index is 2.00. The third-order valence-electron chi connectivity index (χ3n) is 6.06. The van der Waals surface area contributed by atoms with Gasteiger partial charge in [0.25, 0.3) is 0 Å². The van der Waals surface area contributed by atoms with Crippen LogP contribution < -0.4 is 10.2 Å². The van der Waals surface area contributed by atoms with Gasteiger partial charge in [-0.05, 0) is 66.5 Å². The summed E-state index contributed by atoms with van der Waals surface area (Å²) < 4.78 is 23.2. The van der Waals surface area contributed by atoms with Crippen molar-refractivity contribution in [3.63, 3.8) is 0 Å². The van der Waals surface area contributed by atoms with Crippen LogP contribution in [0.3, 0.4) is 0 Å². The Kier molecular flexibility index (Phi) is 6.54. The van der Waals surface area contributed by atoms with E-state index in [-0.39, 0.29) is 12.2 Å². The monoisotopic (exact) mass is 457 g/mol. The van der Waals surface area contributed by atoms with Gasteiger partial charge in [-0.25, -0.2) is 4.57 Å². The van der Waals surface area contributed by atoms with Crippen LogP contribution in [0, 0.1) is 0 Å². The summed E-state index contributed by atoms with van der Waals surface area (Å²) >= 11 is 0. The first-order chi connectivity index (χ1) is 15.3. The normalized spacial score (nSPS) is 13.5. The highest BCUT2D eigenvalue weighted by atomic mass is 31.2. The summed E-state index contributed by atoms with van der Waals surface area (Å²) in [6.45, 7) is 1.77. The highest BCUT2D eigenvalue weighted by Gasteiger charge is 2.24. The quantitative estimate of drug-likeness (QED) is 0.481. The Bertz CT molecular complexity index is 1240. The molecule has 8 heteroatoms. The van der Waals surface area contributed by atoms with Crippen LogP contribution in [0.5, 0.6) is 5.75 Å². The molecule has 2 N–H and O–H groups in total.